The van der Waals surface area contributed by atoms with Crippen molar-refractivity contribution in [2.75, 3.05) is 7.11 Å². The fourth-order valence-corrected chi connectivity index (χ4v) is 2.47. The van der Waals surface area contributed by atoms with E-state index in [1.165, 1.54) is 12.2 Å². The summed E-state index contributed by atoms with van der Waals surface area (Å²) in [6.45, 7) is 3.89. The molecule has 0 saturated heterocycles. The minimum atomic E-state index is -0.263. The van der Waals surface area contributed by atoms with E-state index in [1.54, 1.807) is 25.3 Å². The molecular weight excluding hydrogens is 342 g/mol. The van der Waals surface area contributed by atoms with Crippen molar-refractivity contribution in [3.05, 3.63) is 59.9 Å². The zero-order valence-electron chi connectivity index (χ0n) is 16.1. The predicted molar refractivity (Wildman–Crippen MR) is 107 cm³/mol. The van der Waals surface area contributed by atoms with Gasteiger partial charge >= 0.3 is 0 Å². The van der Waals surface area contributed by atoms with Gasteiger partial charge in [0.15, 0.2) is 11.6 Å². The van der Waals surface area contributed by atoms with Crippen LogP contribution in [0.4, 0.5) is 0 Å². The minimum Gasteiger partial charge on any atom is -0.496 e. The maximum Gasteiger partial charge on any atom is 0.163 e. The normalized spacial score (nSPS) is 11.4. The van der Waals surface area contributed by atoms with Crippen LogP contribution >= 0.6 is 0 Å². The van der Waals surface area contributed by atoms with Crippen molar-refractivity contribution in [1.29, 1.82) is 0 Å². The third-order valence-corrected chi connectivity index (χ3v) is 3.80. The van der Waals surface area contributed by atoms with E-state index in [-0.39, 0.29) is 24.1 Å². The Morgan fingerprint density at radius 3 is 2.41 bits per heavy atom. The lowest BCUT2D eigenvalue weighted by atomic mass is 10.1. The molecular formula is C22H25NO4. The maximum atomic E-state index is 12.1. The highest BCUT2D eigenvalue weighted by Gasteiger charge is 2.07. The van der Waals surface area contributed by atoms with Crippen LogP contribution in [0.2, 0.25) is 0 Å². The van der Waals surface area contributed by atoms with Crippen LogP contribution in [0.25, 0.3) is 12.2 Å². The van der Waals surface area contributed by atoms with E-state index in [9.17, 15) is 9.59 Å². The van der Waals surface area contributed by atoms with Gasteiger partial charge in [-0.1, -0.05) is 0 Å². The van der Waals surface area contributed by atoms with Crippen LogP contribution in [0.5, 0.6) is 11.5 Å². The number of ketones is 2. The summed E-state index contributed by atoms with van der Waals surface area (Å²) in [6.07, 6.45) is 7.96. The van der Waals surface area contributed by atoms with Gasteiger partial charge in [0.25, 0.3) is 0 Å². The van der Waals surface area contributed by atoms with Crippen LogP contribution in [0.15, 0.2) is 48.7 Å². The number of nitrogens with zero attached hydrogens (tertiary/aromatic N) is 1. The molecule has 0 unspecified atom stereocenters. The molecule has 0 radical (unpaired) electrons. The standard InChI is InChI=1S/C22H25NO4/c1-16(2)27-21-12-8-17(22(15-21)26-4)7-10-19(24)14-20(25)11-9-18-6-5-13-23(18)3/h5-13,15-16H,14H2,1-4H3/b10-7+,11-9+. The minimum absolute atomic E-state index is 0.0623. The Labute approximate surface area is 159 Å². The number of allylic oxidation sites excluding steroid dienone is 2. The second-order valence-electron chi connectivity index (χ2n) is 6.39. The highest BCUT2D eigenvalue weighted by atomic mass is 16.5. The summed E-state index contributed by atoms with van der Waals surface area (Å²) in [5, 5.41) is 0. The molecule has 1 heterocycles. The predicted octanol–water partition coefficient (Wildman–Crippen LogP) is 4.08. The van der Waals surface area contributed by atoms with Crippen LogP contribution < -0.4 is 9.47 Å². The Kier molecular flexibility index (Phi) is 7.17. The molecule has 0 atom stereocenters. The van der Waals surface area contributed by atoms with Crippen molar-refractivity contribution in [2.24, 2.45) is 7.05 Å². The van der Waals surface area contributed by atoms with Gasteiger partial charge in [0, 0.05) is 30.6 Å². The number of hydrogen-bond donors (Lipinski definition) is 0. The van der Waals surface area contributed by atoms with E-state index in [4.69, 9.17) is 9.47 Å². The lowest BCUT2D eigenvalue weighted by Crippen LogP contribution is -2.05. The van der Waals surface area contributed by atoms with Crippen molar-refractivity contribution in [2.45, 2.75) is 26.4 Å². The van der Waals surface area contributed by atoms with E-state index in [0.29, 0.717) is 11.5 Å². The van der Waals surface area contributed by atoms with Crippen molar-refractivity contribution in [3.8, 4) is 11.5 Å². The van der Waals surface area contributed by atoms with E-state index >= 15 is 0 Å². The highest BCUT2D eigenvalue weighted by molar-refractivity contribution is 6.10. The van der Waals surface area contributed by atoms with E-state index in [2.05, 4.69) is 0 Å². The second-order valence-corrected chi connectivity index (χ2v) is 6.39. The van der Waals surface area contributed by atoms with Crippen molar-refractivity contribution >= 4 is 23.7 Å². The quantitative estimate of drug-likeness (QED) is 0.495. The number of aryl methyl sites for hydroxylation is 1. The zero-order chi connectivity index (χ0) is 19.8. The molecule has 1 aromatic carbocycles. The topological polar surface area (TPSA) is 57.5 Å². The average Bonchev–Trinajstić information content (AvgIpc) is 3.03. The Hall–Kier alpha value is -3.08. The fourth-order valence-electron chi connectivity index (χ4n) is 2.47. The van der Waals surface area contributed by atoms with Crippen molar-refractivity contribution in [3.63, 3.8) is 0 Å². The maximum absolute atomic E-state index is 12.1. The molecule has 2 aromatic rings. The first kappa shape index (κ1) is 20.2. The van der Waals surface area contributed by atoms with Gasteiger partial charge in [-0.2, -0.15) is 0 Å². The van der Waals surface area contributed by atoms with Crippen LogP contribution in [0.1, 0.15) is 31.5 Å². The summed E-state index contributed by atoms with van der Waals surface area (Å²) < 4.78 is 12.9. The molecule has 5 heteroatoms. The first-order valence-electron chi connectivity index (χ1n) is 8.77. The number of hydrogen-bond acceptors (Lipinski definition) is 4. The fraction of sp³-hybridized carbons (Fsp3) is 0.273. The highest BCUT2D eigenvalue weighted by Crippen LogP contribution is 2.26. The number of ether oxygens (including phenoxy) is 2. The number of benzene rings is 1. The van der Waals surface area contributed by atoms with Gasteiger partial charge in [0.2, 0.25) is 0 Å². The molecule has 0 aliphatic carbocycles. The average molecular weight is 367 g/mol. The number of rotatable bonds is 9. The zero-order valence-corrected chi connectivity index (χ0v) is 16.1. The molecule has 5 nitrogen and oxygen atoms in total. The summed E-state index contributed by atoms with van der Waals surface area (Å²) in [4.78, 5) is 24.0. The molecule has 0 aliphatic rings. The number of carbonyl (C=O) groups is 2. The number of carbonyl (C=O) groups excluding carboxylic acids is 2. The van der Waals surface area contributed by atoms with E-state index in [0.717, 1.165) is 11.3 Å². The first-order valence-corrected chi connectivity index (χ1v) is 8.77. The van der Waals surface area contributed by atoms with Gasteiger partial charge in [-0.15, -0.1) is 0 Å². The number of methoxy groups -OCH3 is 1. The largest absolute Gasteiger partial charge is 0.496 e. The van der Waals surface area contributed by atoms with Gasteiger partial charge in [0.1, 0.15) is 11.5 Å². The van der Waals surface area contributed by atoms with Gasteiger partial charge in [0.05, 0.1) is 19.6 Å². The van der Waals surface area contributed by atoms with Crippen molar-refractivity contribution in [1.82, 2.24) is 4.57 Å². The van der Waals surface area contributed by atoms with E-state index < -0.39 is 0 Å². The van der Waals surface area contributed by atoms with Crippen molar-refractivity contribution < 1.29 is 19.1 Å². The van der Waals surface area contributed by atoms with Gasteiger partial charge in [-0.3, -0.25) is 9.59 Å². The summed E-state index contributed by atoms with van der Waals surface area (Å²) in [5.74, 6) is 0.804. The summed E-state index contributed by atoms with van der Waals surface area (Å²) in [6, 6.07) is 9.20. The molecule has 0 bridgehead atoms. The van der Waals surface area contributed by atoms with Gasteiger partial charge in [-0.25, -0.2) is 0 Å². The Bertz CT molecular complexity index is 859. The van der Waals surface area contributed by atoms with Crippen LogP contribution in [0, 0.1) is 0 Å². The molecule has 1 aromatic heterocycles. The third-order valence-electron chi connectivity index (χ3n) is 3.80. The van der Waals surface area contributed by atoms with Gasteiger partial charge in [-0.05, 0) is 62.4 Å². The van der Waals surface area contributed by atoms with Crippen LogP contribution in [0.3, 0.4) is 0 Å². The van der Waals surface area contributed by atoms with Crippen LogP contribution in [-0.4, -0.2) is 29.3 Å². The third kappa shape index (κ3) is 6.29. The number of aromatic nitrogens is 1. The Morgan fingerprint density at radius 1 is 1.11 bits per heavy atom. The molecule has 142 valence electrons. The molecule has 0 N–H and O–H groups in total. The Morgan fingerprint density at radius 2 is 1.81 bits per heavy atom. The molecule has 0 aliphatic heterocycles. The molecule has 27 heavy (non-hydrogen) atoms. The lowest BCUT2D eigenvalue weighted by Gasteiger charge is -2.12. The molecule has 2 rings (SSSR count). The summed E-state index contributed by atoms with van der Waals surface area (Å²) in [5.41, 5.74) is 1.65. The SMILES string of the molecule is COc1cc(OC(C)C)ccc1/C=C/C(=O)CC(=O)/C=C/c1cccn1C. The monoisotopic (exact) mass is 367 g/mol. The second kappa shape index (κ2) is 9.57. The Balaban J connectivity index is 1.98. The summed E-state index contributed by atoms with van der Waals surface area (Å²) in [7, 11) is 3.45. The molecule has 0 spiro atoms. The molecule has 0 fully saturated rings. The molecule has 0 amide bonds. The smallest absolute Gasteiger partial charge is 0.163 e. The first-order chi connectivity index (χ1) is 12.9. The summed E-state index contributed by atoms with van der Waals surface area (Å²) >= 11 is 0. The molecule has 0 saturated carbocycles. The van der Waals surface area contributed by atoms with Gasteiger partial charge < -0.3 is 14.0 Å². The lowest BCUT2D eigenvalue weighted by molar-refractivity contribution is -0.121. The van der Waals surface area contributed by atoms with E-state index in [1.807, 2.05) is 55.9 Å². The van der Waals surface area contributed by atoms with Crippen LogP contribution in [-0.2, 0) is 16.6 Å².